The van der Waals surface area contributed by atoms with Gasteiger partial charge >= 0.3 is 0 Å². The smallest absolute Gasteiger partial charge is 0.243 e. The molecule has 0 spiro atoms. The predicted molar refractivity (Wildman–Crippen MR) is 131 cm³/mol. The van der Waals surface area contributed by atoms with Gasteiger partial charge in [-0.05, 0) is 54.9 Å². The molecule has 5 heteroatoms. The van der Waals surface area contributed by atoms with Crippen LogP contribution in [0, 0.1) is 0 Å². The molecule has 32 heavy (non-hydrogen) atoms. The van der Waals surface area contributed by atoms with Crippen molar-refractivity contribution >= 4 is 23.4 Å². The van der Waals surface area contributed by atoms with E-state index in [1.807, 2.05) is 31.2 Å². The van der Waals surface area contributed by atoms with Gasteiger partial charge in [-0.2, -0.15) is 0 Å². The minimum absolute atomic E-state index is 0.0158. The maximum atomic E-state index is 13.4. The number of benzene rings is 2. The van der Waals surface area contributed by atoms with Gasteiger partial charge in [-0.3, -0.25) is 9.59 Å². The van der Waals surface area contributed by atoms with Gasteiger partial charge in [0.2, 0.25) is 11.8 Å². The molecule has 1 aliphatic carbocycles. The van der Waals surface area contributed by atoms with Crippen LogP contribution < -0.4 is 5.32 Å². The average molecular weight is 455 g/mol. The zero-order chi connectivity index (χ0) is 22.9. The van der Waals surface area contributed by atoms with Gasteiger partial charge in [0, 0.05) is 24.0 Å². The normalized spacial score (nSPS) is 14.8. The van der Waals surface area contributed by atoms with Crippen LogP contribution in [0.1, 0.15) is 69.1 Å². The van der Waals surface area contributed by atoms with Gasteiger partial charge in [-0.25, -0.2) is 0 Å². The first-order valence-electron chi connectivity index (χ1n) is 11.9. The van der Waals surface area contributed by atoms with Gasteiger partial charge in [0.05, 0.1) is 0 Å². The Bertz CT molecular complexity index is 891. The summed E-state index contributed by atoms with van der Waals surface area (Å²) in [6.45, 7) is 4.44. The molecule has 4 nitrogen and oxygen atoms in total. The first-order valence-corrected chi connectivity index (χ1v) is 12.3. The van der Waals surface area contributed by atoms with Gasteiger partial charge in [-0.15, -0.1) is 0 Å². The second-order valence-electron chi connectivity index (χ2n) is 8.70. The Morgan fingerprint density at radius 1 is 1.03 bits per heavy atom. The number of nitrogens with zero attached hydrogens (tertiary/aromatic N) is 1. The van der Waals surface area contributed by atoms with Crippen LogP contribution in [0.15, 0.2) is 48.5 Å². The third kappa shape index (κ3) is 6.59. The van der Waals surface area contributed by atoms with Crippen LogP contribution in [0.25, 0.3) is 0 Å². The van der Waals surface area contributed by atoms with Crippen molar-refractivity contribution in [1.82, 2.24) is 10.2 Å². The molecular formula is C27H35ClN2O2. The van der Waals surface area contributed by atoms with E-state index < -0.39 is 6.04 Å². The number of halogens is 1. The molecule has 1 fully saturated rings. The van der Waals surface area contributed by atoms with E-state index in [0.29, 0.717) is 30.8 Å². The van der Waals surface area contributed by atoms with Crippen LogP contribution in [0.2, 0.25) is 5.02 Å². The van der Waals surface area contributed by atoms with Crippen molar-refractivity contribution in [1.29, 1.82) is 0 Å². The molecule has 2 amide bonds. The first kappa shape index (κ1) is 24.3. The standard InChI is InChI=1S/C27H35ClN2O2/c1-3-20-13-15-21(16-14-20)17-18-26(31)30(19-22-9-5-8-12-24(22)28)25(4-2)27(32)29-23-10-6-7-11-23/h5,8-9,12-16,23,25H,3-4,6-7,10-11,17-19H2,1-2H3,(H,29,32)/t25-/m1/s1. The van der Waals surface area contributed by atoms with Gasteiger partial charge in [0.1, 0.15) is 6.04 Å². The van der Waals surface area contributed by atoms with Crippen LogP contribution in [-0.2, 0) is 29.0 Å². The number of amides is 2. The fraction of sp³-hybridized carbons (Fsp3) is 0.481. The molecule has 1 N–H and O–H groups in total. The highest BCUT2D eigenvalue weighted by Crippen LogP contribution is 2.22. The van der Waals surface area contributed by atoms with Crippen molar-refractivity contribution in [3.8, 4) is 0 Å². The predicted octanol–water partition coefficient (Wildman–Crippen LogP) is 5.70. The molecule has 0 saturated heterocycles. The summed E-state index contributed by atoms with van der Waals surface area (Å²) < 4.78 is 0. The highest BCUT2D eigenvalue weighted by atomic mass is 35.5. The Hall–Kier alpha value is -2.33. The molecule has 2 aromatic carbocycles. The van der Waals surface area contributed by atoms with Crippen molar-refractivity contribution in [3.05, 3.63) is 70.2 Å². The monoisotopic (exact) mass is 454 g/mol. The van der Waals surface area contributed by atoms with Crippen LogP contribution in [0.5, 0.6) is 0 Å². The third-order valence-corrected chi connectivity index (χ3v) is 6.81. The summed E-state index contributed by atoms with van der Waals surface area (Å²) in [4.78, 5) is 28.3. The summed E-state index contributed by atoms with van der Waals surface area (Å²) >= 11 is 6.40. The van der Waals surface area contributed by atoms with Crippen LogP contribution in [0.3, 0.4) is 0 Å². The Morgan fingerprint density at radius 2 is 1.69 bits per heavy atom. The molecule has 0 radical (unpaired) electrons. The fourth-order valence-electron chi connectivity index (χ4n) is 4.43. The molecule has 0 unspecified atom stereocenters. The van der Waals surface area contributed by atoms with E-state index in [-0.39, 0.29) is 17.9 Å². The number of hydrogen-bond acceptors (Lipinski definition) is 2. The summed E-state index contributed by atoms with van der Waals surface area (Å²) in [5, 5.41) is 3.80. The molecule has 172 valence electrons. The van der Waals surface area contributed by atoms with Gasteiger partial charge in [0.25, 0.3) is 0 Å². The Kier molecular flexibility index (Phi) is 9.16. The van der Waals surface area contributed by atoms with E-state index in [1.54, 1.807) is 4.90 Å². The summed E-state index contributed by atoms with van der Waals surface area (Å²) in [7, 11) is 0. The minimum Gasteiger partial charge on any atom is -0.352 e. The van der Waals surface area contributed by atoms with Crippen molar-refractivity contribution in [2.24, 2.45) is 0 Å². The van der Waals surface area contributed by atoms with E-state index in [9.17, 15) is 9.59 Å². The van der Waals surface area contributed by atoms with Gasteiger partial charge in [-0.1, -0.05) is 80.8 Å². The molecule has 0 aliphatic heterocycles. The van der Waals surface area contributed by atoms with E-state index in [0.717, 1.165) is 43.2 Å². The number of carbonyl (C=O) groups excluding carboxylic acids is 2. The highest BCUT2D eigenvalue weighted by molar-refractivity contribution is 6.31. The van der Waals surface area contributed by atoms with Crippen LogP contribution in [0.4, 0.5) is 0 Å². The van der Waals surface area contributed by atoms with Crippen molar-refractivity contribution in [2.75, 3.05) is 0 Å². The van der Waals surface area contributed by atoms with Crippen molar-refractivity contribution in [3.63, 3.8) is 0 Å². The molecule has 1 atom stereocenters. The van der Waals surface area contributed by atoms with E-state index in [2.05, 4.69) is 36.5 Å². The molecule has 1 saturated carbocycles. The van der Waals surface area contributed by atoms with Crippen molar-refractivity contribution < 1.29 is 9.59 Å². The zero-order valence-corrected chi connectivity index (χ0v) is 20.0. The number of nitrogens with one attached hydrogen (secondary N) is 1. The molecule has 0 aromatic heterocycles. The Balaban J connectivity index is 1.75. The lowest BCUT2D eigenvalue weighted by Crippen LogP contribution is -2.51. The maximum Gasteiger partial charge on any atom is 0.243 e. The van der Waals surface area contributed by atoms with E-state index >= 15 is 0 Å². The molecule has 2 aromatic rings. The third-order valence-electron chi connectivity index (χ3n) is 6.44. The number of hydrogen-bond donors (Lipinski definition) is 1. The lowest BCUT2D eigenvalue weighted by molar-refractivity contribution is -0.141. The Labute approximate surface area is 197 Å². The largest absolute Gasteiger partial charge is 0.352 e. The summed E-state index contributed by atoms with van der Waals surface area (Å²) in [6.07, 6.45) is 6.94. The quantitative estimate of drug-likeness (QED) is 0.500. The number of rotatable bonds is 10. The molecule has 0 bridgehead atoms. The lowest BCUT2D eigenvalue weighted by Gasteiger charge is -2.32. The van der Waals surface area contributed by atoms with Crippen LogP contribution >= 0.6 is 11.6 Å². The summed E-state index contributed by atoms with van der Waals surface area (Å²) in [5.41, 5.74) is 3.29. The van der Waals surface area contributed by atoms with Gasteiger partial charge < -0.3 is 10.2 Å². The lowest BCUT2D eigenvalue weighted by atomic mass is 10.0. The SMILES string of the molecule is CCc1ccc(CCC(=O)N(Cc2ccccc2Cl)[C@H](CC)C(=O)NC2CCCC2)cc1. The molecular weight excluding hydrogens is 420 g/mol. The minimum atomic E-state index is -0.498. The van der Waals surface area contributed by atoms with Crippen molar-refractivity contribution in [2.45, 2.75) is 83.8 Å². The van der Waals surface area contributed by atoms with E-state index in [1.165, 1.54) is 5.56 Å². The topological polar surface area (TPSA) is 49.4 Å². The Morgan fingerprint density at radius 3 is 2.31 bits per heavy atom. The highest BCUT2D eigenvalue weighted by Gasteiger charge is 2.30. The molecule has 1 aliphatic rings. The second kappa shape index (κ2) is 12.1. The van der Waals surface area contributed by atoms with Crippen LogP contribution in [-0.4, -0.2) is 28.8 Å². The molecule has 3 rings (SSSR count). The van der Waals surface area contributed by atoms with Gasteiger partial charge in [0.15, 0.2) is 0 Å². The maximum absolute atomic E-state index is 13.4. The second-order valence-corrected chi connectivity index (χ2v) is 9.10. The zero-order valence-electron chi connectivity index (χ0n) is 19.3. The molecule has 0 heterocycles. The first-order chi connectivity index (χ1) is 15.5. The van der Waals surface area contributed by atoms with E-state index in [4.69, 9.17) is 11.6 Å². The fourth-order valence-corrected chi connectivity index (χ4v) is 4.63. The number of carbonyl (C=O) groups is 2. The number of aryl methyl sites for hydroxylation is 2. The average Bonchev–Trinajstić information content (AvgIpc) is 3.32. The summed E-state index contributed by atoms with van der Waals surface area (Å²) in [6, 6.07) is 15.7. The summed E-state index contributed by atoms with van der Waals surface area (Å²) in [5.74, 6) is -0.0648.